The fraction of sp³-hybridized carbons (Fsp3) is 0.208. The van der Waals surface area contributed by atoms with Crippen molar-refractivity contribution in [3.8, 4) is 0 Å². The van der Waals surface area contributed by atoms with Crippen LogP contribution in [0.4, 0.5) is 5.69 Å². The minimum absolute atomic E-state index is 0.0481. The van der Waals surface area contributed by atoms with Crippen LogP contribution in [0, 0.1) is 13.8 Å². The Morgan fingerprint density at radius 3 is 2.30 bits per heavy atom. The molecule has 0 unspecified atom stereocenters. The number of sulfonamides is 1. The van der Waals surface area contributed by atoms with Crippen LogP contribution in [0.3, 0.4) is 0 Å². The van der Waals surface area contributed by atoms with Gasteiger partial charge in [0.25, 0.3) is 15.9 Å². The van der Waals surface area contributed by atoms with Gasteiger partial charge in [0.05, 0.1) is 4.90 Å². The molecule has 6 heteroatoms. The van der Waals surface area contributed by atoms with Crippen LogP contribution in [0.1, 0.15) is 32.6 Å². The molecule has 0 radical (unpaired) electrons. The lowest BCUT2D eigenvalue weighted by Gasteiger charge is -2.29. The first kappa shape index (κ1) is 20.2. The zero-order valence-electron chi connectivity index (χ0n) is 17.1. The third kappa shape index (κ3) is 4.09. The molecule has 0 spiro atoms. The normalized spacial score (nSPS) is 13.6. The third-order valence-electron chi connectivity index (χ3n) is 5.59. The molecule has 1 N–H and O–H groups in total. The van der Waals surface area contributed by atoms with Gasteiger partial charge in [0, 0.05) is 24.3 Å². The van der Waals surface area contributed by atoms with Gasteiger partial charge in [-0.3, -0.25) is 9.52 Å². The molecule has 1 aliphatic rings. The van der Waals surface area contributed by atoms with E-state index in [0.717, 1.165) is 17.5 Å². The molecule has 30 heavy (non-hydrogen) atoms. The number of anilines is 1. The number of rotatable bonds is 4. The van der Waals surface area contributed by atoms with Crippen LogP contribution in [-0.2, 0) is 23.0 Å². The third-order valence-corrected chi connectivity index (χ3v) is 6.97. The number of amides is 1. The Balaban J connectivity index is 1.47. The van der Waals surface area contributed by atoms with Gasteiger partial charge in [-0.05, 0) is 78.9 Å². The van der Waals surface area contributed by atoms with E-state index in [4.69, 9.17) is 0 Å². The molecule has 1 aliphatic heterocycles. The number of benzene rings is 3. The van der Waals surface area contributed by atoms with E-state index >= 15 is 0 Å². The van der Waals surface area contributed by atoms with Gasteiger partial charge in [-0.2, -0.15) is 0 Å². The average molecular weight is 421 g/mol. The van der Waals surface area contributed by atoms with Crippen molar-refractivity contribution in [1.29, 1.82) is 0 Å². The second-order valence-corrected chi connectivity index (χ2v) is 9.36. The van der Waals surface area contributed by atoms with Gasteiger partial charge >= 0.3 is 0 Å². The maximum Gasteiger partial charge on any atom is 0.261 e. The van der Waals surface area contributed by atoms with Crippen molar-refractivity contribution in [2.45, 2.75) is 31.7 Å². The number of carbonyl (C=O) groups excluding carboxylic acids is 1. The van der Waals surface area contributed by atoms with Crippen molar-refractivity contribution in [3.63, 3.8) is 0 Å². The van der Waals surface area contributed by atoms with Crippen molar-refractivity contribution in [2.75, 3.05) is 11.3 Å². The summed E-state index contributed by atoms with van der Waals surface area (Å²) in [5.41, 5.74) is 5.39. The number of carbonyl (C=O) groups is 1. The minimum atomic E-state index is -3.68. The summed E-state index contributed by atoms with van der Waals surface area (Å²) in [6.07, 6.45) is 0.843. The van der Waals surface area contributed by atoms with Crippen LogP contribution in [-0.4, -0.2) is 25.8 Å². The fourth-order valence-corrected chi connectivity index (χ4v) is 4.77. The SMILES string of the molecule is Cc1ccc(S(=O)(=O)Nc2ccc(C(=O)N3CCc4ccccc4C3)cc2)cc1C. The molecule has 154 valence electrons. The lowest BCUT2D eigenvalue weighted by molar-refractivity contribution is 0.0734. The number of nitrogens with one attached hydrogen (secondary N) is 1. The van der Waals surface area contributed by atoms with E-state index in [1.165, 1.54) is 11.1 Å². The topological polar surface area (TPSA) is 66.5 Å². The Morgan fingerprint density at radius 2 is 1.60 bits per heavy atom. The fourth-order valence-electron chi connectivity index (χ4n) is 3.63. The smallest absolute Gasteiger partial charge is 0.261 e. The molecule has 3 aromatic carbocycles. The molecule has 0 aliphatic carbocycles. The maximum absolute atomic E-state index is 12.9. The Labute approximate surface area is 177 Å². The molecule has 1 heterocycles. The van der Waals surface area contributed by atoms with Crippen LogP contribution in [0.25, 0.3) is 0 Å². The summed E-state index contributed by atoms with van der Waals surface area (Å²) in [5, 5.41) is 0. The highest BCUT2D eigenvalue weighted by atomic mass is 32.2. The quantitative estimate of drug-likeness (QED) is 0.684. The van der Waals surface area contributed by atoms with Crippen LogP contribution < -0.4 is 4.72 Å². The second kappa shape index (κ2) is 7.95. The molecule has 1 amide bonds. The van der Waals surface area contributed by atoms with Gasteiger partial charge in [0.15, 0.2) is 0 Å². The largest absolute Gasteiger partial charge is 0.334 e. The predicted octanol–water partition coefficient (Wildman–Crippen LogP) is 4.30. The zero-order chi connectivity index (χ0) is 21.3. The summed E-state index contributed by atoms with van der Waals surface area (Å²) in [7, 11) is -3.68. The molecule has 0 atom stereocenters. The molecule has 3 aromatic rings. The molecule has 0 saturated heterocycles. The average Bonchev–Trinajstić information content (AvgIpc) is 2.75. The second-order valence-electron chi connectivity index (χ2n) is 7.67. The van der Waals surface area contributed by atoms with Gasteiger partial charge in [-0.15, -0.1) is 0 Å². The summed E-state index contributed by atoms with van der Waals surface area (Å²) in [6.45, 7) is 5.09. The van der Waals surface area contributed by atoms with Crippen LogP contribution in [0.5, 0.6) is 0 Å². The van der Waals surface area contributed by atoms with Gasteiger partial charge in [-0.25, -0.2) is 8.42 Å². The molecular formula is C24H24N2O3S. The number of nitrogens with zero attached hydrogens (tertiary/aromatic N) is 1. The van der Waals surface area contributed by atoms with Gasteiger partial charge in [0.1, 0.15) is 0 Å². The van der Waals surface area contributed by atoms with Crippen molar-refractivity contribution >= 4 is 21.6 Å². The van der Waals surface area contributed by atoms with Gasteiger partial charge in [0.2, 0.25) is 0 Å². The Hall–Kier alpha value is -3.12. The van der Waals surface area contributed by atoms with E-state index in [9.17, 15) is 13.2 Å². The predicted molar refractivity (Wildman–Crippen MR) is 118 cm³/mol. The zero-order valence-corrected chi connectivity index (χ0v) is 17.9. The van der Waals surface area contributed by atoms with E-state index < -0.39 is 10.0 Å². The maximum atomic E-state index is 12.9. The number of fused-ring (bicyclic) bond motifs is 1. The van der Waals surface area contributed by atoms with Crippen molar-refractivity contribution in [1.82, 2.24) is 4.90 Å². The lowest BCUT2D eigenvalue weighted by Crippen LogP contribution is -2.35. The molecule has 0 bridgehead atoms. The van der Waals surface area contributed by atoms with E-state index in [1.54, 1.807) is 42.5 Å². The van der Waals surface area contributed by atoms with Crippen molar-refractivity contribution < 1.29 is 13.2 Å². The molecular weight excluding hydrogens is 396 g/mol. The summed E-state index contributed by atoms with van der Waals surface area (Å²) in [4.78, 5) is 14.9. The number of hydrogen-bond acceptors (Lipinski definition) is 3. The number of aryl methyl sites for hydroxylation is 2. The Bertz CT molecular complexity index is 1200. The highest BCUT2D eigenvalue weighted by Gasteiger charge is 2.22. The highest BCUT2D eigenvalue weighted by Crippen LogP contribution is 2.22. The molecule has 5 nitrogen and oxygen atoms in total. The molecule has 0 fully saturated rings. The summed E-state index contributed by atoms with van der Waals surface area (Å²) in [5.74, 6) is -0.0481. The van der Waals surface area contributed by atoms with E-state index in [2.05, 4.69) is 16.9 Å². The molecule has 0 saturated carbocycles. The van der Waals surface area contributed by atoms with E-state index in [-0.39, 0.29) is 10.8 Å². The van der Waals surface area contributed by atoms with Crippen LogP contribution in [0.2, 0.25) is 0 Å². The van der Waals surface area contributed by atoms with Crippen LogP contribution >= 0.6 is 0 Å². The standard InChI is InChI=1S/C24H24N2O3S/c1-17-7-12-23(15-18(17)2)30(28,29)25-22-10-8-20(9-11-22)24(27)26-14-13-19-5-3-4-6-21(19)16-26/h3-12,15,25H,13-14,16H2,1-2H3. The monoisotopic (exact) mass is 420 g/mol. The first-order valence-corrected chi connectivity index (χ1v) is 11.4. The number of hydrogen-bond donors (Lipinski definition) is 1. The molecule has 4 rings (SSSR count). The van der Waals surface area contributed by atoms with E-state index in [1.807, 2.05) is 30.9 Å². The Kier molecular flexibility index (Phi) is 5.35. The van der Waals surface area contributed by atoms with Crippen LogP contribution in [0.15, 0.2) is 71.6 Å². The lowest BCUT2D eigenvalue weighted by atomic mass is 9.99. The summed E-state index contributed by atoms with van der Waals surface area (Å²) in [6, 6.07) is 19.8. The summed E-state index contributed by atoms with van der Waals surface area (Å²) < 4.78 is 27.9. The van der Waals surface area contributed by atoms with E-state index in [0.29, 0.717) is 24.3 Å². The highest BCUT2D eigenvalue weighted by molar-refractivity contribution is 7.92. The first-order valence-electron chi connectivity index (χ1n) is 9.90. The minimum Gasteiger partial charge on any atom is -0.334 e. The summed E-state index contributed by atoms with van der Waals surface area (Å²) >= 11 is 0. The molecule has 0 aromatic heterocycles. The Morgan fingerprint density at radius 1 is 0.900 bits per heavy atom. The van der Waals surface area contributed by atoms with Gasteiger partial charge < -0.3 is 4.90 Å². The van der Waals surface area contributed by atoms with Crippen molar-refractivity contribution in [2.24, 2.45) is 0 Å². The first-order chi connectivity index (χ1) is 14.3. The van der Waals surface area contributed by atoms with Gasteiger partial charge in [-0.1, -0.05) is 30.3 Å². The van der Waals surface area contributed by atoms with Crippen molar-refractivity contribution in [3.05, 3.63) is 94.5 Å².